The molecule has 0 saturated heterocycles. The van der Waals surface area contributed by atoms with E-state index in [9.17, 15) is 0 Å². The summed E-state index contributed by atoms with van der Waals surface area (Å²) in [6.07, 6.45) is 0. The molecular formula is C67H43B2N5S. The van der Waals surface area contributed by atoms with Crippen LogP contribution in [0.25, 0.3) is 21.5 Å². The van der Waals surface area contributed by atoms with Gasteiger partial charge in [0.05, 0.1) is 28.4 Å². The van der Waals surface area contributed by atoms with E-state index in [4.69, 9.17) is 0 Å². The van der Waals surface area contributed by atoms with E-state index in [0.717, 1.165) is 28.4 Å². The van der Waals surface area contributed by atoms with Gasteiger partial charge in [-0.25, -0.2) is 0 Å². The number of fused-ring (bicyclic) bond motifs is 16. The van der Waals surface area contributed by atoms with Crippen molar-refractivity contribution < 1.29 is 0 Å². The molecule has 6 heterocycles. The van der Waals surface area contributed by atoms with E-state index >= 15 is 0 Å². The molecule has 0 saturated carbocycles. The maximum atomic E-state index is 2.74. The molecule has 0 bridgehead atoms. The van der Waals surface area contributed by atoms with Crippen LogP contribution >= 0.6 is 11.3 Å². The average molecular weight is 972 g/mol. The van der Waals surface area contributed by atoms with Crippen molar-refractivity contribution in [2.75, 3.05) is 24.5 Å². The molecule has 0 aliphatic carbocycles. The fourth-order valence-corrected chi connectivity index (χ4v) is 15.2. The van der Waals surface area contributed by atoms with Gasteiger partial charge in [-0.2, -0.15) is 11.3 Å². The van der Waals surface area contributed by atoms with Crippen LogP contribution in [0.15, 0.2) is 243 Å². The van der Waals surface area contributed by atoms with Gasteiger partial charge in [-0.3, -0.25) is 0 Å². The minimum atomic E-state index is -0.0527. The molecule has 348 valence electrons. The summed E-state index contributed by atoms with van der Waals surface area (Å²) >= 11 is 2.04. The highest BCUT2D eigenvalue weighted by Crippen LogP contribution is 2.62. The molecule has 0 amide bonds. The Balaban J connectivity index is 1.06. The molecule has 75 heavy (non-hydrogen) atoms. The SMILES string of the molecule is Cc1cc2c3c(c1)N1c4c(sc5c4N(c4cc(N(c6ccccc6)c6ccccc6)cc6c4B5c4ccccc4N6c4ccccc4)c4c1c1ccccc1c1ccccc41)B3c1ccccc1N2c1ccccc1. The number of hydrogen-bond donors (Lipinski definition) is 0. The van der Waals surface area contributed by atoms with E-state index in [1.54, 1.807) is 0 Å². The molecule has 0 N–H and O–H groups in total. The van der Waals surface area contributed by atoms with Crippen LogP contribution in [0.1, 0.15) is 5.56 Å². The lowest BCUT2D eigenvalue weighted by Gasteiger charge is -2.50. The largest absolute Gasteiger partial charge is 0.311 e. The number of aryl methyl sites for hydroxylation is 1. The second-order valence-electron chi connectivity index (χ2n) is 20.4. The van der Waals surface area contributed by atoms with E-state index in [1.165, 1.54) is 115 Å². The minimum absolute atomic E-state index is 0.00631. The Morgan fingerprint density at radius 1 is 0.320 bits per heavy atom. The molecular weight excluding hydrogens is 928 g/mol. The Labute approximate surface area is 440 Å². The molecule has 0 atom stereocenters. The molecule has 1 aromatic heterocycles. The van der Waals surface area contributed by atoms with Crippen molar-refractivity contribution >= 4 is 163 Å². The van der Waals surface area contributed by atoms with E-state index in [1.807, 2.05) is 11.3 Å². The van der Waals surface area contributed by atoms with Crippen molar-refractivity contribution in [1.29, 1.82) is 0 Å². The van der Waals surface area contributed by atoms with Crippen LogP contribution in [0.2, 0.25) is 0 Å². The molecule has 12 aromatic rings. The van der Waals surface area contributed by atoms with Crippen LogP contribution in [-0.2, 0) is 0 Å². The zero-order valence-corrected chi connectivity index (χ0v) is 41.7. The lowest BCUT2D eigenvalue weighted by molar-refractivity contribution is 1.19. The van der Waals surface area contributed by atoms with Crippen molar-refractivity contribution in [3.63, 3.8) is 0 Å². The highest BCUT2D eigenvalue weighted by atomic mass is 32.1. The van der Waals surface area contributed by atoms with E-state index in [0.29, 0.717) is 0 Å². The molecule has 0 spiro atoms. The Morgan fingerprint density at radius 3 is 1.15 bits per heavy atom. The van der Waals surface area contributed by atoms with Gasteiger partial charge in [0.15, 0.2) is 0 Å². The molecule has 5 aliphatic heterocycles. The molecule has 0 fully saturated rings. The van der Waals surface area contributed by atoms with Crippen LogP contribution in [0.5, 0.6) is 0 Å². The van der Waals surface area contributed by atoms with Crippen molar-refractivity contribution in [2.24, 2.45) is 0 Å². The van der Waals surface area contributed by atoms with E-state index < -0.39 is 0 Å². The maximum absolute atomic E-state index is 2.74. The van der Waals surface area contributed by atoms with Crippen LogP contribution in [0.3, 0.4) is 0 Å². The van der Waals surface area contributed by atoms with Gasteiger partial charge in [0.2, 0.25) is 0 Å². The Morgan fingerprint density at radius 2 is 0.680 bits per heavy atom. The molecule has 8 heteroatoms. The second kappa shape index (κ2) is 15.4. The number of nitrogens with zero attached hydrogens (tertiary/aromatic N) is 5. The molecule has 11 aromatic carbocycles. The highest BCUT2D eigenvalue weighted by molar-refractivity contribution is 7.39. The number of anilines is 15. The first-order valence-electron chi connectivity index (χ1n) is 26.0. The van der Waals surface area contributed by atoms with Gasteiger partial charge in [-0.05, 0) is 130 Å². The first-order chi connectivity index (χ1) is 37.2. The normalized spacial score (nSPS) is 13.8. The highest BCUT2D eigenvalue weighted by Gasteiger charge is 2.54. The summed E-state index contributed by atoms with van der Waals surface area (Å²) < 4.78 is 2.77. The number of benzene rings is 11. The second-order valence-corrected chi connectivity index (χ2v) is 21.5. The Kier molecular flexibility index (Phi) is 8.47. The van der Waals surface area contributed by atoms with Crippen molar-refractivity contribution in [3.05, 3.63) is 248 Å². The predicted molar refractivity (Wildman–Crippen MR) is 320 cm³/mol. The zero-order chi connectivity index (χ0) is 49.0. The molecule has 0 unspecified atom stereocenters. The first kappa shape index (κ1) is 41.3. The number of para-hydroxylation sites is 6. The summed E-state index contributed by atoms with van der Waals surface area (Å²) in [6, 6.07) is 90.4. The molecule has 5 nitrogen and oxygen atoms in total. The summed E-state index contributed by atoms with van der Waals surface area (Å²) in [5.41, 5.74) is 24.4. The van der Waals surface area contributed by atoms with Crippen LogP contribution in [0.4, 0.5) is 85.3 Å². The molecule has 5 aliphatic rings. The summed E-state index contributed by atoms with van der Waals surface area (Å²) in [7, 11) is 0. The fourth-order valence-electron chi connectivity index (χ4n) is 13.7. The van der Waals surface area contributed by atoms with Gasteiger partial charge >= 0.3 is 0 Å². The van der Waals surface area contributed by atoms with Crippen LogP contribution in [-0.4, -0.2) is 13.4 Å². The third-order valence-electron chi connectivity index (χ3n) is 16.4. The topological polar surface area (TPSA) is 16.2 Å². The summed E-state index contributed by atoms with van der Waals surface area (Å²) in [6.45, 7) is 2.22. The maximum Gasteiger partial charge on any atom is 0.264 e. The monoisotopic (exact) mass is 971 g/mol. The average Bonchev–Trinajstić information content (AvgIpc) is 4.10. The Bertz CT molecular complexity index is 4330. The van der Waals surface area contributed by atoms with Gasteiger partial charge in [0.25, 0.3) is 13.4 Å². The number of rotatable bonds is 5. The Hall–Kier alpha value is -9.23. The van der Waals surface area contributed by atoms with Gasteiger partial charge in [0, 0.05) is 77.2 Å². The number of thiophene rings is 1. The van der Waals surface area contributed by atoms with Crippen LogP contribution in [0, 0.1) is 6.92 Å². The van der Waals surface area contributed by atoms with Crippen molar-refractivity contribution in [1.82, 2.24) is 0 Å². The third kappa shape index (κ3) is 5.53. The zero-order valence-electron chi connectivity index (χ0n) is 40.9. The van der Waals surface area contributed by atoms with E-state index in [-0.39, 0.29) is 13.4 Å². The first-order valence-corrected chi connectivity index (χ1v) is 26.8. The smallest absolute Gasteiger partial charge is 0.264 e. The van der Waals surface area contributed by atoms with Crippen molar-refractivity contribution in [2.45, 2.75) is 6.92 Å². The molecule has 17 rings (SSSR count). The van der Waals surface area contributed by atoms with E-state index in [2.05, 4.69) is 274 Å². The molecule has 0 radical (unpaired) electrons. The summed E-state index contributed by atoms with van der Waals surface area (Å²) in [5, 5.41) is 4.96. The lowest BCUT2D eigenvalue weighted by atomic mass is 9.35. The third-order valence-corrected chi connectivity index (χ3v) is 17.7. The fraction of sp³-hybridized carbons (Fsp3) is 0.0149. The predicted octanol–water partition coefficient (Wildman–Crippen LogP) is 14.3. The lowest BCUT2D eigenvalue weighted by Crippen LogP contribution is -2.61. The van der Waals surface area contributed by atoms with Crippen LogP contribution < -0.4 is 55.9 Å². The standard InChI is InChI=1S/C67H43B2N5S/c1-42-38-56-60-57(39-42)73-62-50-32-16-14-30-48(50)49-31-15-17-33-51(49)63(62)74-59-41-47(70(43-22-6-2-7-23-43)44-24-8-3-9-25-44)40-58-61(59)69(53-35-19-21-37-55(53)72(58)46-28-12-5-13-29-46)67-65(74)64(73)66(75-67)68(60)52-34-18-20-36-54(52)71(56)45-26-10-4-11-27-45/h2-41H,1H3. The summed E-state index contributed by atoms with van der Waals surface area (Å²) in [4.78, 5) is 13.0. The quantitative estimate of drug-likeness (QED) is 0.126. The van der Waals surface area contributed by atoms with Gasteiger partial charge in [0.1, 0.15) is 0 Å². The van der Waals surface area contributed by atoms with Gasteiger partial charge in [-0.15, -0.1) is 0 Å². The minimum Gasteiger partial charge on any atom is -0.311 e. The van der Waals surface area contributed by atoms with Gasteiger partial charge < -0.3 is 24.5 Å². The van der Waals surface area contributed by atoms with Gasteiger partial charge in [-0.1, -0.05) is 158 Å². The van der Waals surface area contributed by atoms with Crippen molar-refractivity contribution in [3.8, 4) is 0 Å². The summed E-state index contributed by atoms with van der Waals surface area (Å²) in [5.74, 6) is 0. The number of hydrogen-bond acceptors (Lipinski definition) is 6.